The molecule has 29 heavy (non-hydrogen) atoms. The van der Waals surface area contributed by atoms with Gasteiger partial charge in [-0.3, -0.25) is 9.59 Å². The van der Waals surface area contributed by atoms with Gasteiger partial charge in [-0.2, -0.15) is 5.10 Å². The molecule has 0 bridgehead atoms. The molecule has 2 heterocycles. The fourth-order valence-corrected chi connectivity index (χ4v) is 3.15. The molecule has 2 aromatic carbocycles. The van der Waals surface area contributed by atoms with E-state index < -0.39 is 0 Å². The summed E-state index contributed by atoms with van der Waals surface area (Å²) >= 11 is 0. The van der Waals surface area contributed by atoms with Crippen molar-refractivity contribution in [1.82, 2.24) is 14.9 Å². The second kappa shape index (κ2) is 7.71. The van der Waals surface area contributed by atoms with Gasteiger partial charge in [-0.05, 0) is 19.9 Å². The lowest BCUT2D eigenvalue weighted by Gasteiger charge is -2.11. The molecule has 0 radical (unpaired) electrons. The van der Waals surface area contributed by atoms with Crippen molar-refractivity contribution in [2.24, 2.45) is 0 Å². The zero-order valence-electron chi connectivity index (χ0n) is 16.2. The van der Waals surface area contributed by atoms with E-state index in [2.05, 4.69) is 15.6 Å². The smallest absolute Gasteiger partial charge is 0.274 e. The predicted molar refractivity (Wildman–Crippen MR) is 111 cm³/mol. The minimum absolute atomic E-state index is 0.0878. The van der Waals surface area contributed by atoms with Gasteiger partial charge in [0.2, 0.25) is 5.91 Å². The van der Waals surface area contributed by atoms with Crippen LogP contribution in [0.5, 0.6) is 0 Å². The average molecular weight is 388 g/mol. The van der Waals surface area contributed by atoms with Gasteiger partial charge in [0.15, 0.2) is 5.82 Å². The molecule has 146 valence electrons. The number of hydrogen-bond donors (Lipinski definition) is 1. The summed E-state index contributed by atoms with van der Waals surface area (Å²) in [5, 5.41) is 12.3. The molecule has 7 nitrogen and oxygen atoms in total. The number of hydrogen-bond acceptors (Lipinski definition) is 5. The van der Waals surface area contributed by atoms with Crippen LogP contribution in [0.4, 0.5) is 5.82 Å². The van der Waals surface area contributed by atoms with Gasteiger partial charge < -0.3 is 9.84 Å². The molecule has 4 rings (SSSR count). The molecule has 1 amide bonds. The molecule has 0 saturated heterocycles. The van der Waals surface area contributed by atoms with E-state index in [-0.39, 0.29) is 24.4 Å². The summed E-state index contributed by atoms with van der Waals surface area (Å²) in [6, 6.07) is 17.0. The van der Waals surface area contributed by atoms with E-state index >= 15 is 0 Å². The van der Waals surface area contributed by atoms with E-state index in [0.717, 1.165) is 16.5 Å². The first-order chi connectivity index (χ1) is 14.0. The number of anilines is 1. The van der Waals surface area contributed by atoms with Gasteiger partial charge in [0.1, 0.15) is 5.76 Å². The van der Waals surface area contributed by atoms with E-state index in [4.69, 9.17) is 4.52 Å². The number of carbonyl (C=O) groups excluding carboxylic acids is 1. The third-order valence-electron chi connectivity index (χ3n) is 4.64. The Kier molecular flexibility index (Phi) is 4.95. The lowest BCUT2D eigenvalue weighted by Crippen LogP contribution is -2.26. The molecule has 1 N–H and O–H groups in total. The fraction of sp³-hybridized carbons (Fsp3) is 0.182. The molecule has 0 aliphatic heterocycles. The van der Waals surface area contributed by atoms with Crippen molar-refractivity contribution in [2.45, 2.75) is 26.8 Å². The van der Waals surface area contributed by atoms with Gasteiger partial charge in [-0.25, -0.2) is 4.68 Å². The lowest BCUT2D eigenvalue weighted by atomic mass is 10.0. The summed E-state index contributed by atoms with van der Waals surface area (Å²) in [5.74, 6) is 0.694. The summed E-state index contributed by atoms with van der Waals surface area (Å²) in [7, 11) is 0. The first-order valence-electron chi connectivity index (χ1n) is 9.31. The number of benzene rings is 2. The van der Waals surface area contributed by atoms with E-state index in [0.29, 0.717) is 22.7 Å². The summed E-state index contributed by atoms with van der Waals surface area (Å²) < 4.78 is 6.29. The summed E-state index contributed by atoms with van der Waals surface area (Å²) in [6.07, 6.45) is 0.0878. The number of nitrogens with zero attached hydrogens (tertiary/aromatic N) is 3. The standard InChI is InChI=1S/C22H20N4O3/c1-14-7-9-16(10-8-14)21-17-5-3-4-6-18(17)22(28)26(24-21)12-11-20(27)23-19-13-15(2)29-25-19/h3-10,13H,11-12H2,1-2H3,(H,23,25,27). The Bertz CT molecular complexity index is 1240. The Morgan fingerprint density at radius 2 is 1.79 bits per heavy atom. The Balaban J connectivity index is 1.65. The number of fused-ring (bicyclic) bond motifs is 1. The zero-order chi connectivity index (χ0) is 20.4. The van der Waals surface area contributed by atoms with E-state index in [1.807, 2.05) is 49.4 Å². The van der Waals surface area contributed by atoms with E-state index in [1.54, 1.807) is 19.1 Å². The molecule has 0 unspecified atom stereocenters. The topological polar surface area (TPSA) is 90.0 Å². The largest absolute Gasteiger partial charge is 0.360 e. The molecule has 0 aliphatic rings. The molecule has 0 spiro atoms. The second-order valence-electron chi connectivity index (χ2n) is 6.91. The SMILES string of the molecule is Cc1ccc(-c2nn(CCC(=O)Nc3cc(C)on3)c(=O)c3ccccc23)cc1. The van der Waals surface area contributed by atoms with Crippen LogP contribution in [0, 0.1) is 13.8 Å². The maximum atomic E-state index is 12.9. The van der Waals surface area contributed by atoms with Crippen LogP contribution < -0.4 is 10.9 Å². The summed E-state index contributed by atoms with van der Waals surface area (Å²) in [4.78, 5) is 25.1. The number of rotatable bonds is 5. The highest BCUT2D eigenvalue weighted by molar-refractivity contribution is 5.94. The van der Waals surface area contributed by atoms with Crippen molar-refractivity contribution in [3.05, 3.63) is 76.3 Å². The van der Waals surface area contributed by atoms with Crippen LogP contribution in [0.1, 0.15) is 17.7 Å². The Hall–Kier alpha value is -3.74. The van der Waals surface area contributed by atoms with Crippen LogP contribution >= 0.6 is 0 Å². The van der Waals surface area contributed by atoms with Crippen molar-refractivity contribution in [1.29, 1.82) is 0 Å². The van der Waals surface area contributed by atoms with Gasteiger partial charge >= 0.3 is 0 Å². The van der Waals surface area contributed by atoms with Gasteiger partial charge in [-0.1, -0.05) is 53.2 Å². The molecule has 2 aromatic heterocycles. The van der Waals surface area contributed by atoms with E-state index in [9.17, 15) is 9.59 Å². The first kappa shape index (κ1) is 18.6. The average Bonchev–Trinajstić information content (AvgIpc) is 3.13. The quantitative estimate of drug-likeness (QED) is 0.563. The maximum absolute atomic E-state index is 12.9. The minimum Gasteiger partial charge on any atom is -0.360 e. The van der Waals surface area contributed by atoms with Crippen molar-refractivity contribution in [2.75, 3.05) is 5.32 Å². The second-order valence-corrected chi connectivity index (χ2v) is 6.91. The van der Waals surface area contributed by atoms with Crippen LogP contribution in [0.2, 0.25) is 0 Å². The van der Waals surface area contributed by atoms with Crippen molar-refractivity contribution in [3.63, 3.8) is 0 Å². The Morgan fingerprint density at radius 1 is 1.07 bits per heavy atom. The molecule has 0 aliphatic carbocycles. The normalized spacial score (nSPS) is 11.0. The number of aromatic nitrogens is 3. The zero-order valence-corrected chi connectivity index (χ0v) is 16.2. The summed E-state index contributed by atoms with van der Waals surface area (Å²) in [6.45, 7) is 3.92. The molecule has 0 saturated carbocycles. The predicted octanol–water partition coefficient (Wildman–Crippen LogP) is 3.70. The van der Waals surface area contributed by atoms with Gasteiger partial charge in [0.05, 0.1) is 17.6 Å². The third kappa shape index (κ3) is 3.94. The molecule has 0 atom stereocenters. The number of amides is 1. The highest BCUT2D eigenvalue weighted by Gasteiger charge is 2.13. The Labute approximate surface area is 167 Å². The molecule has 4 aromatic rings. The number of nitrogens with one attached hydrogen (secondary N) is 1. The van der Waals surface area contributed by atoms with Gasteiger partial charge in [0, 0.05) is 23.4 Å². The van der Waals surface area contributed by atoms with Crippen LogP contribution in [0.25, 0.3) is 22.0 Å². The first-order valence-corrected chi connectivity index (χ1v) is 9.31. The van der Waals surface area contributed by atoms with E-state index in [1.165, 1.54) is 4.68 Å². The molecular weight excluding hydrogens is 368 g/mol. The Morgan fingerprint density at radius 3 is 2.48 bits per heavy atom. The van der Waals surface area contributed by atoms with Crippen molar-refractivity contribution in [3.8, 4) is 11.3 Å². The van der Waals surface area contributed by atoms with Crippen LogP contribution in [0.15, 0.2) is 63.9 Å². The van der Waals surface area contributed by atoms with Crippen LogP contribution in [-0.4, -0.2) is 20.8 Å². The molecular formula is C22H20N4O3. The highest BCUT2D eigenvalue weighted by Crippen LogP contribution is 2.24. The number of carbonyl (C=O) groups is 1. The summed E-state index contributed by atoms with van der Waals surface area (Å²) in [5.41, 5.74) is 2.56. The van der Waals surface area contributed by atoms with Crippen molar-refractivity contribution >= 4 is 22.5 Å². The van der Waals surface area contributed by atoms with Crippen molar-refractivity contribution < 1.29 is 9.32 Å². The fourth-order valence-electron chi connectivity index (χ4n) is 3.15. The van der Waals surface area contributed by atoms with Crippen LogP contribution in [0.3, 0.4) is 0 Å². The maximum Gasteiger partial charge on any atom is 0.274 e. The lowest BCUT2D eigenvalue weighted by molar-refractivity contribution is -0.116. The van der Waals surface area contributed by atoms with Gasteiger partial charge in [0.25, 0.3) is 5.56 Å². The highest BCUT2D eigenvalue weighted by atomic mass is 16.5. The minimum atomic E-state index is -0.267. The molecule has 0 fully saturated rings. The van der Waals surface area contributed by atoms with Crippen LogP contribution in [-0.2, 0) is 11.3 Å². The number of aryl methyl sites for hydroxylation is 3. The molecule has 7 heteroatoms. The van der Waals surface area contributed by atoms with Gasteiger partial charge in [-0.15, -0.1) is 0 Å². The third-order valence-corrected chi connectivity index (χ3v) is 4.64. The monoisotopic (exact) mass is 388 g/mol.